The van der Waals surface area contributed by atoms with E-state index < -0.39 is 5.82 Å². The first-order valence-corrected chi connectivity index (χ1v) is 8.48. The number of rotatable bonds is 4. The number of hydrogen-bond acceptors (Lipinski definition) is 4. The number of aryl methyl sites for hydroxylation is 1. The molecule has 1 amide bonds. The van der Waals surface area contributed by atoms with Crippen molar-refractivity contribution in [2.75, 3.05) is 33.3 Å². The summed E-state index contributed by atoms with van der Waals surface area (Å²) in [6.07, 6.45) is 1.83. The number of halogens is 1. The van der Waals surface area contributed by atoms with Gasteiger partial charge in [0.2, 0.25) is 5.56 Å². The average Bonchev–Trinajstić information content (AvgIpc) is 2.65. The molecule has 6 nitrogen and oxygen atoms in total. The van der Waals surface area contributed by atoms with Gasteiger partial charge in [-0.25, -0.2) is 4.39 Å². The van der Waals surface area contributed by atoms with E-state index >= 15 is 0 Å². The highest BCUT2D eigenvalue weighted by molar-refractivity contribution is 5.94. The predicted molar refractivity (Wildman–Crippen MR) is 95.8 cm³/mol. The summed E-state index contributed by atoms with van der Waals surface area (Å²) in [4.78, 5) is 28.0. The molecule has 0 aliphatic carbocycles. The molecular weight excluding hydrogens is 337 g/mol. The van der Waals surface area contributed by atoms with Gasteiger partial charge < -0.3 is 14.2 Å². The Bertz CT molecular complexity index is 857. The molecule has 138 valence electrons. The van der Waals surface area contributed by atoms with E-state index in [1.54, 1.807) is 28.6 Å². The number of benzene rings is 1. The molecule has 7 heteroatoms. The largest absolute Gasteiger partial charge is 0.494 e. The Morgan fingerprint density at radius 1 is 1.15 bits per heavy atom. The Kier molecular flexibility index (Phi) is 5.37. The fourth-order valence-corrected chi connectivity index (χ4v) is 3.09. The van der Waals surface area contributed by atoms with Crippen LogP contribution >= 0.6 is 0 Å². The second kappa shape index (κ2) is 7.70. The lowest BCUT2D eigenvalue weighted by Crippen LogP contribution is -2.48. The van der Waals surface area contributed by atoms with Crippen LogP contribution in [-0.2, 0) is 13.6 Å². The van der Waals surface area contributed by atoms with Crippen LogP contribution in [0.2, 0.25) is 0 Å². The number of aromatic nitrogens is 1. The minimum atomic E-state index is -0.535. The van der Waals surface area contributed by atoms with Gasteiger partial charge in [0.1, 0.15) is 0 Å². The van der Waals surface area contributed by atoms with Crippen LogP contribution in [0.25, 0.3) is 0 Å². The average molecular weight is 359 g/mol. The van der Waals surface area contributed by atoms with Crippen LogP contribution in [0, 0.1) is 5.82 Å². The van der Waals surface area contributed by atoms with E-state index in [4.69, 9.17) is 4.74 Å². The molecule has 0 spiro atoms. The van der Waals surface area contributed by atoms with Crippen LogP contribution < -0.4 is 10.3 Å². The highest BCUT2D eigenvalue weighted by Crippen LogP contribution is 2.19. The molecule has 1 aromatic carbocycles. The van der Waals surface area contributed by atoms with Crippen molar-refractivity contribution in [1.29, 1.82) is 0 Å². The van der Waals surface area contributed by atoms with E-state index in [2.05, 4.69) is 4.90 Å². The van der Waals surface area contributed by atoms with Gasteiger partial charge in [0.15, 0.2) is 11.6 Å². The second-order valence-electron chi connectivity index (χ2n) is 6.40. The third kappa shape index (κ3) is 3.94. The molecule has 0 saturated carbocycles. The molecule has 1 aromatic heterocycles. The van der Waals surface area contributed by atoms with Crippen molar-refractivity contribution in [2.24, 2.45) is 7.05 Å². The van der Waals surface area contributed by atoms with Gasteiger partial charge in [0.05, 0.1) is 7.11 Å². The van der Waals surface area contributed by atoms with E-state index in [1.165, 1.54) is 19.2 Å². The van der Waals surface area contributed by atoms with Gasteiger partial charge in [0, 0.05) is 57.6 Å². The van der Waals surface area contributed by atoms with Crippen molar-refractivity contribution in [3.05, 3.63) is 63.8 Å². The molecule has 0 unspecified atom stereocenters. The van der Waals surface area contributed by atoms with E-state index in [9.17, 15) is 14.0 Å². The molecule has 1 aliphatic heterocycles. The van der Waals surface area contributed by atoms with Crippen LogP contribution in [-0.4, -0.2) is 53.6 Å². The molecule has 2 heterocycles. The van der Waals surface area contributed by atoms with Crippen LogP contribution in [0.4, 0.5) is 4.39 Å². The Morgan fingerprint density at radius 3 is 2.50 bits per heavy atom. The lowest BCUT2D eigenvalue weighted by molar-refractivity contribution is 0.0627. The van der Waals surface area contributed by atoms with E-state index in [0.717, 1.165) is 25.2 Å². The first kappa shape index (κ1) is 18.1. The normalized spacial score (nSPS) is 15.1. The molecule has 1 fully saturated rings. The lowest BCUT2D eigenvalue weighted by atomic mass is 10.1. The SMILES string of the molecule is COc1ccc(C(=O)N2CCN(Cc3ccc(=O)n(C)c3)CC2)cc1F. The topological polar surface area (TPSA) is 54.8 Å². The Labute approximate surface area is 151 Å². The number of nitrogens with zero attached hydrogens (tertiary/aromatic N) is 3. The Hall–Kier alpha value is -2.67. The van der Waals surface area contributed by atoms with Crippen molar-refractivity contribution in [2.45, 2.75) is 6.54 Å². The van der Waals surface area contributed by atoms with E-state index in [-0.39, 0.29) is 17.2 Å². The molecule has 1 saturated heterocycles. The first-order valence-electron chi connectivity index (χ1n) is 8.48. The van der Waals surface area contributed by atoms with Crippen LogP contribution in [0.15, 0.2) is 41.3 Å². The summed E-state index contributed by atoms with van der Waals surface area (Å²) >= 11 is 0. The van der Waals surface area contributed by atoms with Crippen molar-refractivity contribution in [1.82, 2.24) is 14.4 Å². The van der Waals surface area contributed by atoms with Gasteiger partial charge in [0.25, 0.3) is 5.91 Å². The number of carbonyl (C=O) groups is 1. The maximum Gasteiger partial charge on any atom is 0.254 e. The quantitative estimate of drug-likeness (QED) is 0.830. The molecule has 0 bridgehead atoms. The summed E-state index contributed by atoms with van der Waals surface area (Å²) < 4.78 is 20.3. The predicted octanol–water partition coefficient (Wildman–Crippen LogP) is 1.49. The van der Waals surface area contributed by atoms with Crippen molar-refractivity contribution < 1.29 is 13.9 Å². The van der Waals surface area contributed by atoms with E-state index in [0.29, 0.717) is 18.7 Å². The fraction of sp³-hybridized carbons (Fsp3) is 0.368. The molecule has 26 heavy (non-hydrogen) atoms. The van der Waals surface area contributed by atoms with Gasteiger partial charge >= 0.3 is 0 Å². The zero-order valence-corrected chi connectivity index (χ0v) is 14.9. The van der Waals surface area contributed by atoms with Gasteiger partial charge in [-0.15, -0.1) is 0 Å². The molecule has 0 radical (unpaired) electrons. The fourth-order valence-electron chi connectivity index (χ4n) is 3.09. The summed E-state index contributed by atoms with van der Waals surface area (Å²) in [6.45, 7) is 3.35. The maximum atomic E-state index is 13.8. The van der Waals surface area contributed by atoms with Gasteiger partial charge in [-0.05, 0) is 23.8 Å². The minimum Gasteiger partial charge on any atom is -0.494 e. The molecule has 2 aromatic rings. The summed E-state index contributed by atoms with van der Waals surface area (Å²) in [6, 6.07) is 7.67. The molecule has 3 rings (SSSR count). The van der Waals surface area contributed by atoms with Gasteiger partial charge in [-0.1, -0.05) is 6.07 Å². The number of piperazine rings is 1. The third-order valence-electron chi connectivity index (χ3n) is 4.61. The minimum absolute atomic E-state index is 0.0316. The van der Waals surface area contributed by atoms with Gasteiger partial charge in [-0.3, -0.25) is 14.5 Å². The number of carbonyl (C=O) groups excluding carboxylic acids is 1. The molecule has 0 N–H and O–H groups in total. The highest BCUT2D eigenvalue weighted by Gasteiger charge is 2.23. The molecular formula is C19H22FN3O3. The maximum absolute atomic E-state index is 13.8. The van der Waals surface area contributed by atoms with Gasteiger partial charge in [-0.2, -0.15) is 0 Å². The van der Waals surface area contributed by atoms with Crippen molar-refractivity contribution in [3.63, 3.8) is 0 Å². The van der Waals surface area contributed by atoms with Crippen LogP contribution in [0.5, 0.6) is 5.75 Å². The smallest absolute Gasteiger partial charge is 0.254 e. The molecule has 0 atom stereocenters. The number of amides is 1. The zero-order chi connectivity index (χ0) is 18.7. The van der Waals surface area contributed by atoms with Crippen molar-refractivity contribution in [3.8, 4) is 5.75 Å². The highest BCUT2D eigenvalue weighted by atomic mass is 19.1. The van der Waals surface area contributed by atoms with Crippen LogP contribution in [0.3, 0.4) is 0 Å². The number of ether oxygens (including phenoxy) is 1. The standard InChI is InChI=1S/C19H22FN3O3/c1-21-12-14(3-6-18(21)24)13-22-7-9-23(10-8-22)19(25)15-4-5-17(26-2)16(20)11-15/h3-6,11-12H,7-10,13H2,1-2H3. The zero-order valence-electron chi connectivity index (χ0n) is 14.9. The summed E-state index contributed by atoms with van der Waals surface area (Å²) in [5.74, 6) is -0.580. The number of hydrogen-bond donors (Lipinski definition) is 0. The Balaban J connectivity index is 1.59. The molecule has 1 aliphatic rings. The summed E-state index contributed by atoms with van der Waals surface area (Å²) in [5.41, 5.74) is 1.36. The van der Waals surface area contributed by atoms with Crippen molar-refractivity contribution >= 4 is 5.91 Å². The van der Waals surface area contributed by atoms with E-state index in [1.807, 2.05) is 12.3 Å². The first-order chi connectivity index (χ1) is 12.5. The Morgan fingerprint density at radius 2 is 1.88 bits per heavy atom. The van der Waals surface area contributed by atoms with Crippen LogP contribution in [0.1, 0.15) is 15.9 Å². The number of pyridine rings is 1. The second-order valence-corrected chi connectivity index (χ2v) is 6.40. The summed E-state index contributed by atoms with van der Waals surface area (Å²) in [7, 11) is 3.13. The summed E-state index contributed by atoms with van der Waals surface area (Å²) in [5, 5.41) is 0. The number of methoxy groups -OCH3 is 1. The third-order valence-corrected chi connectivity index (χ3v) is 4.61. The lowest BCUT2D eigenvalue weighted by Gasteiger charge is -2.34. The monoisotopic (exact) mass is 359 g/mol.